The number of fused-ring (bicyclic) bond motifs is 4. The molecule has 0 N–H and O–H groups in total. The van der Waals surface area contributed by atoms with E-state index >= 15 is 0 Å². The Morgan fingerprint density at radius 2 is 0.705 bits per heavy atom. The van der Waals surface area contributed by atoms with Gasteiger partial charge in [-0.1, -0.05) is 176 Å². The van der Waals surface area contributed by atoms with Crippen LogP contribution in [-0.2, 0) is 0 Å². The van der Waals surface area contributed by atoms with Crippen LogP contribution < -0.4 is 27.2 Å². The molecule has 0 saturated heterocycles. The molecule has 1 unspecified atom stereocenters. The summed E-state index contributed by atoms with van der Waals surface area (Å²) in [7, 11) is 2.85. The zero-order valence-electron chi connectivity index (χ0n) is 24.6. The van der Waals surface area contributed by atoms with Crippen LogP contribution in [0.15, 0.2) is 188 Å². The molecule has 0 amide bonds. The minimum Gasteiger partial charge on any atom is -0.195 e. The second kappa shape index (κ2) is 12.3. The summed E-state index contributed by atoms with van der Waals surface area (Å²) in [5, 5.41) is 9.15. The van der Waals surface area contributed by atoms with Gasteiger partial charge in [0.15, 0.2) is 0 Å². The molecule has 2 heteroatoms. The molecule has 0 fully saturated rings. The van der Waals surface area contributed by atoms with Crippen LogP contribution in [0.3, 0.4) is 0 Å². The molecule has 8 aromatic rings. The minimum absolute atomic E-state index is 1.22. The van der Waals surface area contributed by atoms with E-state index in [2.05, 4.69) is 197 Å². The molecule has 44 heavy (non-hydrogen) atoms. The molecule has 1 atom stereocenters. The Kier molecular flexibility index (Phi) is 7.81. The van der Waals surface area contributed by atoms with E-state index in [-0.39, 0.29) is 0 Å². The summed E-state index contributed by atoms with van der Waals surface area (Å²) >= 11 is 0. The number of hydrogen-bond donors (Lipinski definition) is 0. The topological polar surface area (TPSA) is 0 Å². The third kappa shape index (κ3) is 5.11. The molecular formula is C42H33BP-. The van der Waals surface area contributed by atoms with Crippen molar-refractivity contribution in [2.45, 2.75) is 0 Å². The lowest BCUT2D eigenvalue weighted by Gasteiger charge is -2.44. The lowest BCUT2D eigenvalue weighted by molar-refractivity contribution is 1.66. The van der Waals surface area contributed by atoms with Crippen LogP contribution in [0.25, 0.3) is 32.3 Å². The van der Waals surface area contributed by atoms with Gasteiger partial charge in [0.1, 0.15) is 6.15 Å². The molecule has 0 aliphatic carbocycles. The van der Waals surface area contributed by atoms with Crippen LogP contribution in [0.2, 0.25) is 0 Å². The van der Waals surface area contributed by atoms with Gasteiger partial charge in [-0.05, 0) is 49.8 Å². The Labute approximate surface area is 262 Å². The molecule has 8 aromatic carbocycles. The van der Waals surface area contributed by atoms with Gasteiger partial charge in [-0.25, -0.2) is 0 Å². The fourth-order valence-corrected chi connectivity index (χ4v) is 7.39. The van der Waals surface area contributed by atoms with Gasteiger partial charge in [0.2, 0.25) is 0 Å². The molecule has 0 aliphatic rings. The van der Waals surface area contributed by atoms with E-state index in [4.69, 9.17) is 0 Å². The van der Waals surface area contributed by atoms with Crippen molar-refractivity contribution >= 4 is 74.9 Å². The van der Waals surface area contributed by atoms with E-state index < -0.39 is 6.15 Å². The predicted molar refractivity (Wildman–Crippen MR) is 198 cm³/mol. The summed E-state index contributed by atoms with van der Waals surface area (Å²) in [4.78, 5) is 0. The first-order valence-corrected chi connectivity index (χ1v) is 15.8. The highest BCUT2D eigenvalue weighted by Crippen LogP contribution is 2.29. The lowest BCUT2D eigenvalue weighted by Crippen LogP contribution is -2.74. The van der Waals surface area contributed by atoms with Crippen molar-refractivity contribution in [3.8, 4) is 0 Å². The first-order chi connectivity index (χ1) is 21.7. The van der Waals surface area contributed by atoms with Crippen LogP contribution >= 0.6 is 9.24 Å². The number of hydrogen-bond acceptors (Lipinski definition) is 0. The van der Waals surface area contributed by atoms with Gasteiger partial charge >= 0.3 is 0 Å². The van der Waals surface area contributed by atoms with Crippen molar-refractivity contribution in [2.75, 3.05) is 0 Å². The van der Waals surface area contributed by atoms with Crippen molar-refractivity contribution in [1.29, 1.82) is 0 Å². The molecule has 0 spiro atoms. The maximum absolute atomic E-state index is 2.85. The van der Waals surface area contributed by atoms with Gasteiger partial charge in [0, 0.05) is 0 Å². The molecule has 210 valence electrons. The highest BCUT2D eigenvalue weighted by Gasteiger charge is 2.31. The molecular weight excluding hydrogens is 546 g/mol. The van der Waals surface area contributed by atoms with E-state index in [0.717, 1.165) is 0 Å². The fraction of sp³-hybridized carbons (Fsp3) is 0. The number of benzene rings is 8. The summed E-state index contributed by atoms with van der Waals surface area (Å²) in [5.74, 6) is 0. The van der Waals surface area contributed by atoms with Crippen molar-refractivity contribution in [3.63, 3.8) is 0 Å². The SMILES string of the molecule is Pc1cccc2ccc3cc4ccccc4cc3c12.c1ccc([B-](c2ccccc2)(c2ccccc2)c2ccccc2)cc1. The second-order valence-corrected chi connectivity index (χ2v) is 12.1. The molecule has 0 nitrogen and oxygen atoms in total. The van der Waals surface area contributed by atoms with Crippen LogP contribution in [0, 0.1) is 0 Å². The van der Waals surface area contributed by atoms with Gasteiger partial charge < -0.3 is 0 Å². The fourth-order valence-electron chi connectivity index (χ4n) is 6.95. The zero-order chi connectivity index (χ0) is 29.8. The summed E-state index contributed by atoms with van der Waals surface area (Å²) < 4.78 is 0. The summed E-state index contributed by atoms with van der Waals surface area (Å²) in [5.41, 5.74) is 5.36. The van der Waals surface area contributed by atoms with Gasteiger partial charge in [-0.3, -0.25) is 0 Å². The highest BCUT2D eigenvalue weighted by molar-refractivity contribution is 7.28. The summed E-state index contributed by atoms with van der Waals surface area (Å²) in [6.45, 7) is 0. The molecule has 0 heterocycles. The van der Waals surface area contributed by atoms with Crippen molar-refractivity contribution < 1.29 is 0 Å². The average Bonchev–Trinajstić information content (AvgIpc) is 3.10. The second-order valence-electron chi connectivity index (χ2n) is 11.4. The van der Waals surface area contributed by atoms with Gasteiger partial charge in [0.05, 0.1) is 0 Å². The van der Waals surface area contributed by atoms with E-state index in [1.165, 1.54) is 59.5 Å². The highest BCUT2D eigenvalue weighted by atomic mass is 31.0. The molecule has 8 rings (SSSR count). The first-order valence-electron chi connectivity index (χ1n) is 15.2. The minimum atomic E-state index is -1.22. The zero-order valence-corrected chi connectivity index (χ0v) is 25.7. The van der Waals surface area contributed by atoms with Crippen molar-refractivity contribution in [1.82, 2.24) is 0 Å². The molecule has 0 aromatic heterocycles. The Bertz CT molecular complexity index is 2000. The summed E-state index contributed by atoms with van der Waals surface area (Å²) in [6.07, 6.45) is -1.22. The van der Waals surface area contributed by atoms with Crippen LogP contribution in [0.1, 0.15) is 0 Å². The van der Waals surface area contributed by atoms with E-state index in [1.807, 2.05) is 0 Å². The predicted octanol–water partition coefficient (Wildman–Crippen LogP) is 7.71. The third-order valence-corrected chi connectivity index (χ3v) is 9.44. The van der Waals surface area contributed by atoms with Crippen LogP contribution in [0.5, 0.6) is 0 Å². The van der Waals surface area contributed by atoms with Crippen LogP contribution in [-0.4, -0.2) is 6.15 Å². The van der Waals surface area contributed by atoms with Crippen molar-refractivity contribution in [2.24, 2.45) is 0 Å². The smallest absolute Gasteiger partial charge is 0.108 e. The lowest BCUT2D eigenvalue weighted by atomic mass is 9.13. The number of rotatable bonds is 4. The Hall–Kier alpha value is -4.97. The average molecular weight is 580 g/mol. The molecule has 0 bridgehead atoms. The van der Waals surface area contributed by atoms with Gasteiger partial charge in [-0.15, -0.1) is 9.24 Å². The van der Waals surface area contributed by atoms with Crippen LogP contribution in [0.4, 0.5) is 0 Å². The quantitative estimate of drug-likeness (QED) is 0.0868. The maximum Gasteiger partial charge on any atom is 0.108 e. The largest absolute Gasteiger partial charge is 0.195 e. The van der Waals surface area contributed by atoms with Gasteiger partial charge in [-0.2, -0.15) is 21.9 Å². The van der Waals surface area contributed by atoms with E-state index in [1.54, 1.807) is 0 Å². The molecule has 0 radical (unpaired) electrons. The van der Waals surface area contributed by atoms with Crippen molar-refractivity contribution in [3.05, 3.63) is 188 Å². The third-order valence-electron chi connectivity index (χ3n) is 8.96. The van der Waals surface area contributed by atoms with E-state index in [9.17, 15) is 0 Å². The Morgan fingerprint density at radius 1 is 0.318 bits per heavy atom. The molecule has 0 saturated carbocycles. The molecule has 0 aliphatic heterocycles. The summed E-state index contributed by atoms with van der Waals surface area (Å²) in [6, 6.07) is 67.5. The first kappa shape index (κ1) is 27.8. The van der Waals surface area contributed by atoms with E-state index in [0.29, 0.717) is 0 Å². The normalized spacial score (nSPS) is 11.3. The van der Waals surface area contributed by atoms with Gasteiger partial charge in [0.25, 0.3) is 0 Å². The standard InChI is InChI=1S/C24H20B.C18H13P/c1-5-13-21(14-6-1)25(22-15-7-2-8-16-22,23-17-9-3-10-18-23)24-19-11-4-12-20-24;19-17-7-3-6-12-8-9-15-10-13-4-1-2-5-14(13)11-16(15)18(12)17/h1-20H;1-11H,19H2/q-1;. The monoisotopic (exact) mass is 579 g/mol. The Morgan fingerprint density at radius 3 is 1.18 bits per heavy atom. The Balaban J connectivity index is 0.000000147. The maximum atomic E-state index is 2.85.